The number of ether oxygens (including phenoxy) is 1. The highest BCUT2D eigenvalue weighted by Gasteiger charge is 2.34. The first kappa shape index (κ1) is 22.5. The highest BCUT2D eigenvalue weighted by molar-refractivity contribution is 6.30. The number of halogens is 2. The van der Waals surface area contributed by atoms with Crippen molar-refractivity contribution in [1.29, 1.82) is 0 Å². The maximum absolute atomic E-state index is 13.4. The van der Waals surface area contributed by atoms with E-state index in [1.807, 2.05) is 12.1 Å². The minimum atomic E-state index is -1.00. The van der Waals surface area contributed by atoms with Crippen LogP contribution in [0.15, 0.2) is 60.7 Å². The van der Waals surface area contributed by atoms with Crippen LogP contribution in [0.1, 0.15) is 31.8 Å². The molecule has 2 amide bonds. The third-order valence-electron chi connectivity index (χ3n) is 5.47. The van der Waals surface area contributed by atoms with Crippen molar-refractivity contribution in [3.63, 3.8) is 0 Å². The number of fused-ring (bicyclic) bond motifs is 1. The van der Waals surface area contributed by atoms with Crippen LogP contribution in [-0.2, 0) is 17.8 Å². The minimum Gasteiger partial charge on any atom is -0.497 e. The molecule has 0 saturated heterocycles. The Labute approximate surface area is 194 Å². The van der Waals surface area contributed by atoms with E-state index in [9.17, 15) is 18.8 Å². The zero-order valence-corrected chi connectivity index (χ0v) is 18.4. The molecule has 0 bridgehead atoms. The number of rotatable bonds is 6. The summed E-state index contributed by atoms with van der Waals surface area (Å²) in [5, 5.41) is 5.45. The van der Waals surface area contributed by atoms with E-state index < -0.39 is 23.4 Å². The summed E-state index contributed by atoms with van der Waals surface area (Å²) in [4.78, 5) is 38.3. The highest BCUT2D eigenvalue weighted by atomic mass is 35.5. The van der Waals surface area contributed by atoms with Gasteiger partial charge in [-0.1, -0.05) is 29.8 Å². The normalized spacial score (nSPS) is 14.9. The van der Waals surface area contributed by atoms with Gasteiger partial charge in [-0.2, -0.15) is 0 Å². The molecule has 168 valence electrons. The average molecular weight is 467 g/mol. The monoisotopic (exact) mass is 466 g/mol. The molecule has 0 aromatic heterocycles. The van der Waals surface area contributed by atoms with Crippen LogP contribution < -0.4 is 15.4 Å². The molecule has 0 radical (unpaired) electrons. The average Bonchev–Trinajstić information content (AvgIpc) is 2.82. The Bertz CT molecular complexity index is 1240. The van der Waals surface area contributed by atoms with Crippen LogP contribution >= 0.6 is 11.6 Å². The van der Waals surface area contributed by atoms with Gasteiger partial charge in [0.15, 0.2) is 5.78 Å². The van der Waals surface area contributed by atoms with Crippen LogP contribution in [-0.4, -0.2) is 24.7 Å². The van der Waals surface area contributed by atoms with Crippen LogP contribution in [0.4, 0.5) is 10.1 Å². The second kappa shape index (κ2) is 9.42. The number of benzene rings is 3. The third-order valence-corrected chi connectivity index (χ3v) is 5.76. The predicted octanol–water partition coefficient (Wildman–Crippen LogP) is 4.41. The van der Waals surface area contributed by atoms with Gasteiger partial charge in [0.25, 0.3) is 5.91 Å². The topological polar surface area (TPSA) is 84.5 Å². The minimum absolute atomic E-state index is 0.0675. The van der Waals surface area contributed by atoms with Crippen molar-refractivity contribution in [2.75, 3.05) is 12.4 Å². The standard InChI is InChI=1S/C25H20ClFN2O4/c1-33-17-6-2-14(3-7-17)13-28-24(31)16-5-9-22-18(12-16)23(30)19(25(32)29-22)10-15-4-8-21(27)20(26)11-15/h2-9,11-12,19H,10,13H2,1H3,(H,28,31)(H,29,32). The number of carbonyl (C=O) groups excluding carboxylic acids is 3. The molecule has 1 aliphatic heterocycles. The third kappa shape index (κ3) is 4.88. The largest absolute Gasteiger partial charge is 0.497 e. The van der Waals surface area contributed by atoms with E-state index >= 15 is 0 Å². The van der Waals surface area contributed by atoms with Crippen molar-refractivity contribution in [2.24, 2.45) is 5.92 Å². The molecule has 2 N–H and O–H groups in total. The Morgan fingerprint density at radius 2 is 1.79 bits per heavy atom. The van der Waals surface area contributed by atoms with Crippen LogP contribution in [0, 0.1) is 11.7 Å². The lowest BCUT2D eigenvalue weighted by atomic mass is 9.86. The predicted molar refractivity (Wildman–Crippen MR) is 122 cm³/mol. The molecule has 0 fully saturated rings. The molecule has 1 heterocycles. The first-order valence-electron chi connectivity index (χ1n) is 10.2. The number of hydrogen-bond acceptors (Lipinski definition) is 4. The summed E-state index contributed by atoms with van der Waals surface area (Å²) < 4.78 is 18.6. The summed E-state index contributed by atoms with van der Waals surface area (Å²) in [5.41, 5.74) is 2.36. The lowest BCUT2D eigenvalue weighted by molar-refractivity contribution is -0.118. The summed E-state index contributed by atoms with van der Waals surface area (Å²) in [6, 6.07) is 15.9. The number of hydrogen-bond donors (Lipinski definition) is 2. The molecule has 0 spiro atoms. The fourth-order valence-corrected chi connectivity index (χ4v) is 3.84. The molecule has 1 aliphatic rings. The summed E-state index contributed by atoms with van der Waals surface area (Å²) >= 11 is 5.82. The molecule has 1 unspecified atom stereocenters. The van der Waals surface area contributed by atoms with Gasteiger partial charge in [-0.3, -0.25) is 14.4 Å². The quantitative estimate of drug-likeness (QED) is 0.527. The molecule has 3 aromatic rings. The van der Waals surface area contributed by atoms with Gasteiger partial charge >= 0.3 is 0 Å². The van der Waals surface area contributed by atoms with E-state index in [1.165, 1.54) is 24.3 Å². The lowest BCUT2D eigenvalue weighted by Gasteiger charge is -2.24. The van der Waals surface area contributed by atoms with Crippen molar-refractivity contribution in [3.05, 3.63) is 93.8 Å². The van der Waals surface area contributed by atoms with Gasteiger partial charge in [0.05, 0.1) is 17.8 Å². The molecule has 3 aromatic carbocycles. The van der Waals surface area contributed by atoms with Gasteiger partial charge < -0.3 is 15.4 Å². The number of methoxy groups -OCH3 is 1. The SMILES string of the molecule is COc1ccc(CNC(=O)c2ccc3c(c2)C(=O)C(Cc2ccc(F)c(Cl)c2)C(=O)N3)cc1. The van der Waals surface area contributed by atoms with Gasteiger partial charge in [0.1, 0.15) is 17.5 Å². The van der Waals surface area contributed by atoms with E-state index in [-0.39, 0.29) is 22.9 Å². The van der Waals surface area contributed by atoms with Crippen molar-refractivity contribution in [2.45, 2.75) is 13.0 Å². The van der Waals surface area contributed by atoms with Crippen molar-refractivity contribution in [3.8, 4) is 5.75 Å². The Morgan fingerprint density at radius 3 is 2.48 bits per heavy atom. The Hall–Kier alpha value is -3.71. The Morgan fingerprint density at radius 1 is 1.06 bits per heavy atom. The lowest BCUT2D eigenvalue weighted by Crippen LogP contribution is -2.37. The molecular formula is C25H20ClFN2O4. The summed E-state index contributed by atoms with van der Waals surface area (Å²) in [7, 11) is 1.58. The number of nitrogens with one attached hydrogen (secondary N) is 2. The van der Waals surface area contributed by atoms with Crippen LogP contribution in [0.25, 0.3) is 0 Å². The zero-order chi connectivity index (χ0) is 23.5. The second-order valence-electron chi connectivity index (χ2n) is 7.65. The van der Waals surface area contributed by atoms with Gasteiger partial charge in [-0.05, 0) is 60.0 Å². The molecule has 6 nitrogen and oxygen atoms in total. The van der Waals surface area contributed by atoms with E-state index in [0.717, 1.165) is 11.3 Å². The van der Waals surface area contributed by atoms with E-state index in [0.29, 0.717) is 23.4 Å². The van der Waals surface area contributed by atoms with Crippen molar-refractivity contribution in [1.82, 2.24) is 5.32 Å². The van der Waals surface area contributed by atoms with Gasteiger partial charge in [-0.15, -0.1) is 0 Å². The number of Topliss-reactive ketones (excluding diaryl/α,β-unsaturated/α-hetero) is 1. The maximum atomic E-state index is 13.4. The summed E-state index contributed by atoms with van der Waals surface area (Å²) in [6.45, 7) is 0.304. The Kier molecular flexibility index (Phi) is 6.42. The zero-order valence-electron chi connectivity index (χ0n) is 17.7. The summed E-state index contributed by atoms with van der Waals surface area (Å²) in [6.07, 6.45) is 0.0675. The fourth-order valence-electron chi connectivity index (χ4n) is 3.64. The second-order valence-corrected chi connectivity index (χ2v) is 8.06. The van der Waals surface area contributed by atoms with Crippen molar-refractivity contribution < 1.29 is 23.5 Å². The number of anilines is 1. The molecule has 1 atom stereocenters. The first-order valence-corrected chi connectivity index (χ1v) is 10.6. The maximum Gasteiger partial charge on any atom is 0.251 e. The summed E-state index contributed by atoms with van der Waals surface area (Å²) in [5.74, 6) is -2.06. The van der Waals surface area contributed by atoms with Crippen LogP contribution in [0.3, 0.4) is 0 Å². The smallest absolute Gasteiger partial charge is 0.251 e. The Balaban J connectivity index is 1.49. The highest BCUT2D eigenvalue weighted by Crippen LogP contribution is 2.29. The van der Waals surface area contributed by atoms with E-state index in [2.05, 4.69) is 10.6 Å². The fraction of sp³-hybridized carbons (Fsp3) is 0.160. The first-order chi connectivity index (χ1) is 15.9. The van der Waals surface area contributed by atoms with Crippen molar-refractivity contribution >= 4 is 34.9 Å². The number of amides is 2. The number of carbonyl (C=O) groups is 3. The number of ketones is 1. The van der Waals surface area contributed by atoms with Crippen LogP contribution in [0.5, 0.6) is 5.75 Å². The van der Waals surface area contributed by atoms with Gasteiger partial charge in [-0.25, -0.2) is 4.39 Å². The van der Waals surface area contributed by atoms with E-state index in [4.69, 9.17) is 16.3 Å². The van der Waals surface area contributed by atoms with E-state index in [1.54, 1.807) is 31.4 Å². The van der Waals surface area contributed by atoms with Crippen LogP contribution in [0.2, 0.25) is 5.02 Å². The molecular weight excluding hydrogens is 447 g/mol. The molecule has 8 heteroatoms. The molecule has 0 saturated carbocycles. The van der Waals surface area contributed by atoms with Gasteiger partial charge in [0.2, 0.25) is 5.91 Å². The molecule has 4 rings (SSSR count). The molecule has 0 aliphatic carbocycles. The molecule has 33 heavy (non-hydrogen) atoms. The van der Waals surface area contributed by atoms with Gasteiger partial charge in [0, 0.05) is 17.7 Å².